The summed E-state index contributed by atoms with van der Waals surface area (Å²) in [6.45, 7) is 18.4. The first-order valence-electron chi connectivity index (χ1n) is 11.6. The van der Waals surface area contributed by atoms with Crippen molar-refractivity contribution in [3.63, 3.8) is 0 Å². The van der Waals surface area contributed by atoms with Crippen LogP contribution in [0.1, 0.15) is 41.0 Å². The van der Waals surface area contributed by atoms with Gasteiger partial charge in [-0.3, -0.25) is 4.79 Å². The molecule has 8 nitrogen and oxygen atoms in total. The summed E-state index contributed by atoms with van der Waals surface area (Å²) in [6, 6.07) is 8.88. The summed E-state index contributed by atoms with van der Waals surface area (Å²) in [5, 5.41) is 0. The number of hydrogen-bond donors (Lipinski definition) is 0. The molecule has 4 heterocycles. The van der Waals surface area contributed by atoms with Gasteiger partial charge in [0, 0.05) is 44.1 Å². The van der Waals surface area contributed by atoms with Crippen molar-refractivity contribution in [3.8, 4) is 11.6 Å². The van der Waals surface area contributed by atoms with Gasteiger partial charge in [-0.2, -0.15) is 0 Å². The second-order valence-corrected chi connectivity index (χ2v) is 9.60. The SMILES string of the molecule is [C-]#[N+]c1ccc2c(n1)c(N1C[C@H](C)C(C)(Oc3ccc(OC(C)C)cn3)C[C@@H]1C)cc(=O)n2C. The maximum atomic E-state index is 12.7. The van der Waals surface area contributed by atoms with E-state index in [4.69, 9.17) is 16.0 Å². The molecule has 1 saturated heterocycles. The molecule has 34 heavy (non-hydrogen) atoms. The van der Waals surface area contributed by atoms with E-state index in [0.717, 1.165) is 12.1 Å². The van der Waals surface area contributed by atoms with E-state index in [1.54, 1.807) is 36.0 Å². The number of hydrogen-bond acceptors (Lipinski definition) is 6. The third-order valence-corrected chi connectivity index (χ3v) is 6.64. The molecule has 8 heteroatoms. The molecular formula is C26H31N5O3. The average molecular weight is 462 g/mol. The molecule has 3 aromatic rings. The summed E-state index contributed by atoms with van der Waals surface area (Å²) < 4.78 is 13.7. The van der Waals surface area contributed by atoms with Crippen LogP contribution >= 0.6 is 0 Å². The quantitative estimate of drug-likeness (QED) is 0.511. The molecule has 4 rings (SSSR count). The van der Waals surface area contributed by atoms with Crippen LogP contribution in [0.3, 0.4) is 0 Å². The Morgan fingerprint density at radius 3 is 2.65 bits per heavy atom. The van der Waals surface area contributed by atoms with Gasteiger partial charge in [-0.25, -0.2) is 4.98 Å². The van der Waals surface area contributed by atoms with Crippen molar-refractivity contribution in [2.45, 2.75) is 58.8 Å². The van der Waals surface area contributed by atoms with Gasteiger partial charge in [0.25, 0.3) is 11.4 Å². The lowest BCUT2D eigenvalue weighted by atomic mass is 9.80. The fraction of sp³-hybridized carbons (Fsp3) is 0.462. The molecule has 0 saturated carbocycles. The number of aromatic nitrogens is 3. The number of rotatable bonds is 5. The fourth-order valence-electron chi connectivity index (χ4n) is 4.63. The molecule has 3 aromatic heterocycles. The highest BCUT2D eigenvalue weighted by atomic mass is 16.5. The van der Waals surface area contributed by atoms with Gasteiger partial charge in [-0.1, -0.05) is 13.5 Å². The summed E-state index contributed by atoms with van der Waals surface area (Å²) in [6.07, 6.45) is 2.51. The lowest BCUT2D eigenvalue weighted by Gasteiger charge is -2.48. The summed E-state index contributed by atoms with van der Waals surface area (Å²) in [4.78, 5) is 27.4. The van der Waals surface area contributed by atoms with Crippen LogP contribution in [0.25, 0.3) is 15.9 Å². The molecular weight excluding hydrogens is 430 g/mol. The van der Waals surface area contributed by atoms with Crippen molar-refractivity contribution in [2.75, 3.05) is 11.4 Å². The monoisotopic (exact) mass is 461 g/mol. The van der Waals surface area contributed by atoms with Crippen LogP contribution in [0.5, 0.6) is 11.6 Å². The predicted molar refractivity (Wildman–Crippen MR) is 133 cm³/mol. The van der Waals surface area contributed by atoms with E-state index in [-0.39, 0.29) is 23.6 Å². The van der Waals surface area contributed by atoms with Crippen LogP contribution in [-0.4, -0.2) is 38.8 Å². The van der Waals surface area contributed by atoms with Gasteiger partial charge < -0.3 is 23.8 Å². The van der Waals surface area contributed by atoms with Crippen LogP contribution in [0.15, 0.2) is 41.3 Å². The first-order chi connectivity index (χ1) is 16.1. The van der Waals surface area contributed by atoms with Crippen molar-refractivity contribution in [1.82, 2.24) is 14.5 Å². The van der Waals surface area contributed by atoms with Gasteiger partial charge in [0.1, 0.15) is 11.4 Å². The van der Waals surface area contributed by atoms with Crippen LogP contribution in [0, 0.1) is 12.5 Å². The predicted octanol–water partition coefficient (Wildman–Crippen LogP) is 4.74. The summed E-state index contributed by atoms with van der Waals surface area (Å²) >= 11 is 0. The zero-order valence-electron chi connectivity index (χ0n) is 20.6. The number of pyridine rings is 3. The Hall–Kier alpha value is -3.60. The Kier molecular flexibility index (Phi) is 6.22. The number of anilines is 1. The Morgan fingerprint density at radius 1 is 1.24 bits per heavy atom. The Morgan fingerprint density at radius 2 is 2.00 bits per heavy atom. The zero-order valence-corrected chi connectivity index (χ0v) is 20.6. The molecule has 178 valence electrons. The van der Waals surface area contributed by atoms with Gasteiger partial charge in [-0.15, -0.1) is 4.98 Å². The van der Waals surface area contributed by atoms with E-state index in [0.29, 0.717) is 35.0 Å². The summed E-state index contributed by atoms with van der Waals surface area (Å²) in [7, 11) is 1.73. The highest BCUT2D eigenvalue weighted by molar-refractivity contribution is 5.89. The highest BCUT2D eigenvalue weighted by Crippen LogP contribution is 2.39. The van der Waals surface area contributed by atoms with Gasteiger partial charge in [0.2, 0.25) is 11.4 Å². The first-order valence-corrected chi connectivity index (χ1v) is 11.6. The minimum absolute atomic E-state index is 0.0819. The molecule has 0 bridgehead atoms. The van der Waals surface area contributed by atoms with Crippen LogP contribution in [0.4, 0.5) is 11.5 Å². The molecule has 3 atom stereocenters. The topological polar surface area (TPSA) is 73.8 Å². The van der Waals surface area contributed by atoms with E-state index in [1.165, 1.54) is 0 Å². The fourth-order valence-corrected chi connectivity index (χ4v) is 4.63. The van der Waals surface area contributed by atoms with Gasteiger partial charge in [0.05, 0.1) is 23.5 Å². The van der Waals surface area contributed by atoms with Crippen LogP contribution in [-0.2, 0) is 7.05 Å². The van der Waals surface area contributed by atoms with Crippen molar-refractivity contribution >= 4 is 22.5 Å². The maximum absolute atomic E-state index is 12.7. The molecule has 0 spiro atoms. The van der Waals surface area contributed by atoms with Crippen LogP contribution in [0.2, 0.25) is 0 Å². The smallest absolute Gasteiger partial charge is 0.270 e. The standard InChI is InChI=1S/C26H31N5O3/c1-16(2)33-19-8-11-23(28-14-19)34-26(5)13-18(4)31(15-17(26)3)21-12-24(32)30(7)20-9-10-22(27-6)29-25(20)21/h8-12,14,16-18H,13,15H2,1-5,7H3/t17-,18-,26?/m0/s1. The van der Waals surface area contributed by atoms with E-state index < -0.39 is 5.60 Å². The number of aryl methyl sites for hydroxylation is 1. The second kappa shape index (κ2) is 8.98. The molecule has 0 amide bonds. The Labute approximate surface area is 200 Å². The van der Waals surface area contributed by atoms with Crippen LogP contribution < -0.4 is 19.9 Å². The molecule has 1 unspecified atom stereocenters. The average Bonchev–Trinajstić information content (AvgIpc) is 2.79. The Bertz CT molecular complexity index is 1290. The second-order valence-electron chi connectivity index (χ2n) is 9.60. The maximum Gasteiger partial charge on any atom is 0.270 e. The molecule has 1 aliphatic rings. The normalized spacial score (nSPS) is 22.6. The van der Waals surface area contributed by atoms with E-state index in [2.05, 4.69) is 40.5 Å². The number of piperidine rings is 1. The molecule has 0 N–H and O–H groups in total. The minimum Gasteiger partial charge on any atom is -0.489 e. The van der Waals surface area contributed by atoms with Crippen molar-refractivity contribution in [3.05, 3.63) is 58.3 Å². The highest BCUT2D eigenvalue weighted by Gasteiger charge is 2.43. The van der Waals surface area contributed by atoms with Gasteiger partial charge in [0.15, 0.2) is 0 Å². The van der Waals surface area contributed by atoms with Crippen molar-refractivity contribution in [1.29, 1.82) is 0 Å². The Balaban J connectivity index is 1.62. The summed E-state index contributed by atoms with van der Waals surface area (Å²) in [5.74, 6) is 1.73. The lowest BCUT2D eigenvalue weighted by Crippen LogP contribution is -2.56. The third-order valence-electron chi connectivity index (χ3n) is 6.64. The van der Waals surface area contributed by atoms with Crippen molar-refractivity contribution in [2.24, 2.45) is 13.0 Å². The minimum atomic E-state index is -0.437. The number of fused-ring (bicyclic) bond motifs is 1. The molecule has 1 fully saturated rings. The van der Waals surface area contributed by atoms with E-state index in [9.17, 15) is 4.79 Å². The van der Waals surface area contributed by atoms with Gasteiger partial charge in [-0.05, 0) is 45.9 Å². The van der Waals surface area contributed by atoms with E-state index >= 15 is 0 Å². The first kappa shape index (κ1) is 23.6. The molecule has 0 aromatic carbocycles. The molecule has 1 aliphatic heterocycles. The largest absolute Gasteiger partial charge is 0.489 e. The molecule has 0 radical (unpaired) electrons. The zero-order chi connectivity index (χ0) is 24.6. The molecule has 0 aliphatic carbocycles. The van der Waals surface area contributed by atoms with Gasteiger partial charge >= 0.3 is 0 Å². The number of nitrogens with zero attached hydrogens (tertiary/aromatic N) is 5. The third kappa shape index (κ3) is 4.43. The lowest BCUT2D eigenvalue weighted by molar-refractivity contribution is 0.00126. The van der Waals surface area contributed by atoms with Crippen molar-refractivity contribution < 1.29 is 9.47 Å². The summed E-state index contributed by atoms with van der Waals surface area (Å²) in [5.41, 5.74) is 1.61. The number of ether oxygens (including phenoxy) is 2. The van der Waals surface area contributed by atoms with E-state index in [1.807, 2.05) is 26.0 Å².